The summed E-state index contributed by atoms with van der Waals surface area (Å²) >= 11 is 0. The molecule has 1 saturated heterocycles. The molecule has 5 nitrogen and oxygen atoms in total. The number of nitrogens with zero attached hydrogens (tertiary/aromatic N) is 3. The van der Waals surface area contributed by atoms with Crippen molar-refractivity contribution in [1.29, 1.82) is 0 Å². The van der Waals surface area contributed by atoms with Gasteiger partial charge in [0.2, 0.25) is 0 Å². The third-order valence-electron chi connectivity index (χ3n) is 5.52. The van der Waals surface area contributed by atoms with Gasteiger partial charge in [0.15, 0.2) is 0 Å². The molecule has 0 unspecified atom stereocenters. The van der Waals surface area contributed by atoms with Crippen LogP contribution in [0.2, 0.25) is 0 Å². The Labute approximate surface area is 176 Å². The number of aromatic nitrogens is 3. The second kappa shape index (κ2) is 7.51. The van der Waals surface area contributed by atoms with Crippen LogP contribution < -0.4 is 4.74 Å². The molecule has 6 heteroatoms. The fourth-order valence-electron chi connectivity index (χ4n) is 4.61. The van der Waals surface area contributed by atoms with Crippen LogP contribution in [0, 0.1) is 5.82 Å². The van der Waals surface area contributed by atoms with Crippen LogP contribution in [0.1, 0.15) is 52.1 Å². The molecule has 1 aliphatic rings. The number of methoxy groups -OCH3 is 1. The van der Waals surface area contributed by atoms with Gasteiger partial charge in [0.1, 0.15) is 17.4 Å². The summed E-state index contributed by atoms with van der Waals surface area (Å²) in [6.45, 7) is 8.52. The predicted molar refractivity (Wildman–Crippen MR) is 115 cm³/mol. The zero-order chi connectivity index (χ0) is 21.5. The molecule has 0 N–H and O–H groups in total. The van der Waals surface area contributed by atoms with E-state index in [1.165, 1.54) is 12.1 Å². The highest BCUT2D eigenvalue weighted by Gasteiger charge is 2.41. The van der Waals surface area contributed by atoms with Gasteiger partial charge in [-0.25, -0.2) is 9.37 Å². The summed E-state index contributed by atoms with van der Waals surface area (Å²) in [5.74, 6) is 1.37. The molecule has 0 bridgehead atoms. The zero-order valence-corrected chi connectivity index (χ0v) is 18.1. The van der Waals surface area contributed by atoms with Crippen molar-refractivity contribution < 1.29 is 13.9 Å². The molecule has 0 spiro atoms. The van der Waals surface area contributed by atoms with Crippen molar-refractivity contribution in [2.75, 3.05) is 7.11 Å². The van der Waals surface area contributed by atoms with E-state index in [1.807, 2.05) is 10.6 Å². The predicted octanol–water partition coefficient (Wildman–Crippen LogP) is 5.53. The Kier molecular flexibility index (Phi) is 5.14. The molecule has 158 valence electrons. The van der Waals surface area contributed by atoms with Crippen LogP contribution in [0.4, 0.5) is 4.39 Å². The Hall–Kier alpha value is -2.73. The lowest BCUT2D eigenvalue weighted by molar-refractivity contribution is -0.162. The topological polar surface area (TPSA) is 49.2 Å². The summed E-state index contributed by atoms with van der Waals surface area (Å²) in [4.78, 5) is 9.21. The Morgan fingerprint density at radius 3 is 2.37 bits per heavy atom. The van der Waals surface area contributed by atoms with Crippen molar-refractivity contribution in [3.8, 4) is 22.8 Å². The molecule has 2 aromatic heterocycles. The van der Waals surface area contributed by atoms with Gasteiger partial charge >= 0.3 is 0 Å². The third kappa shape index (κ3) is 4.10. The van der Waals surface area contributed by atoms with Gasteiger partial charge in [-0.05, 0) is 70.9 Å². The fraction of sp³-hybridized carbons (Fsp3) is 0.417. The number of ether oxygens (including phenoxy) is 2. The molecule has 3 heterocycles. The van der Waals surface area contributed by atoms with Gasteiger partial charge in [0.25, 0.3) is 0 Å². The Bertz CT molecular complexity index is 1020. The summed E-state index contributed by atoms with van der Waals surface area (Å²) in [7, 11) is 1.62. The first-order valence-electron chi connectivity index (χ1n) is 10.2. The molecule has 1 fully saturated rings. The molecular weight excluding hydrogens is 381 g/mol. The van der Waals surface area contributed by atoms with Crippen LogP contribution >= 0.6 is 0 Å². The van der Waals surface area contributed by atoms with E-state index in [9.17, 15) is 4.39 Å². The number of halogens is 1. The van der Waals surface area contributed by atoms with E-state index in [4.69, 9.17) is 14.5 Å². The van der Waals surface area contributed by atoms with Gasteiger partial charge in [-0.1, -0.05) is 0 Å². The van der Waals surface area contributed by atoms with Crippen LogP contribution in [0.25, 0.3) is 17.1 Å². The summed E-state index contributed by atoms with van der Waals surface area (Å²) in [5.41, 5.74) is 2.21. The van der Waals surface area contributed by atoms with E-state index >= 15 is 0 Å². The highest BCUT2D eigenvalue weighted by molar-refractivity contribution is 5.66. The molecule has 0 amide bonds. The first-order valence-corrected chi connectivity index (χ1v) is 10.2. The summed E-state index contributed by atoms with van der Waals surface area (Å²) in [6, 6.07) is 8.33. The standard InChI is InChI=1S/C24H28FN3O2/c1-23(2)12-16(13-24(3,4)30-23)20-15-28(18-8-6-17(25)7-9-18)22(27-20)19-10-11-26-14-21(19)29-5/h6-11,14-16H,12-13H2,1-5H3. The quantitative estimate of drug-likeness (QED) is 0.568. The Balaban J connectivity index is 1.85. The van der Waals surface area contributed by atoms with Gasteiger partial charge in [-0.2, -0.15) is 0 Å². The van der Waals surface area contributed by atoms with Crippen LogP contribution in [-0.2, 0) is 4.74 Å². The van der Waals surface area contributed by atoms with E-state index < -0.39 is 0 Å². The lowest BCUT2D eigenvalue weighted by Crippen LogP contribution is -2.44. The van der Waals surface area contributed by atoms with Gasteiger partial charge in [-0.15, -0.1) is 0 Å². The highest BCUT2D eigenvalue weighted by Crippen LogP contribution is 2.44. The fourth-order valence-corrected chi connectivity index (χ4v) is 4.61. The van der Waals surface area contributed by atoms with E-state index in [-0.39, 0.29) is 22.9 Å². The Morgan fingerprint density at radius 1 is 1.07 bits per heavy atom. The van der Waals surface area contributed by atoms with Crippen LogP contribution in [0.15, 0.2) is 48.9 Å². The normalized spacial score (nSPS) is 18.3. The number of rotatable bonds is 4. The molecule has 0 saturated carbocycles. The molecule has 0 atom stereocenters. The van der Waals surface area contributed by atoms with E-state index in [0.717, 1.165) is 35.6 Å². The van der Waals surface area contributed by atoms with E-state index in [0.29, 0.717) is 5.75 Å². The molecule has 1 aliphatic heterocycles. The van der Waals surface area contributed by atoms with Gasteiger partial charge in [-0.3, -0.25) is 9.55 Å². The third-order valence-corrected chi connectivity index (χ3v) is 5.52. The lowest BCUT2D eigenvalue weighted by atomic mass is 9.79. The highest BCUT2D eigenvalue weighted by atomic mass is 19.1. The van der Waals surface area contributed by atoms with Crippen molar-refractivity contribution in [1.82, 2.24) is 14.5 Å². The number of benzene rings is 1. The maximum Gasteiger partial charge on any atom is 0.148 e. The van der Waals surface area contributed by atoms with Crippen LogP contribution in [0.3, 0.4) is 0 Å². The first kappa shape index (κ1) is 20.5. The van der Waals surface area contributed by atoms with Crippen molar-refractivity contribution in [2.24, 2.45) is 0 Å². The van der Waals surface area contributed by atoms with Crippen molar-refractivity contribution in [2.45, 2.75) is 57.7 Å². The van der Waals surface area contributed by atoms with Crippen molar-refractivity contribution >= 4 is 0 Å². The average molecular weight is 410 g/mol. The van der Waals surface area contributed by atoms with Crippen molar-refractivity contribution in [3.05, 3.63) is 60.4 Å². The molecule has 0 radical (unpaired) electrons. The molecular formula is C24H28FN3O2. The van der Waals surface area contributed by atoms with Gasteiger partial charge in [0, 0.05) is 24.0 Å². The maximum atomic E-state index is 13.5. The maximum absolute atomic E-state index is 13.5. The molecule has 0 aliphatic carbocycles. The summed E-state index contributed by atoms with van der Waals surface area (Å²) in [6.07, 6.45) is 7.22. The second-order valence-electron chi connectivity index (χ2n) is 9.14. The number of hydrogen-bond acceptors (Lipinski definition) is 4. The van der Waals surface area contributed by atoms with Crippen molar-refractivity contribution in [3.63, 3.8) is 0 Å². The van der Waals surface area contributed by atoms with Gasteiger partial charge < -0.3 is 9.47 Å². The summed E-state index contributed by atoms with van der Waals surface area (Å²) < 4.78 is 27.3. The van der Waals surface area contributed by atoms with Gasteiger partial charge in [0.05, 0.1) is 35.8 Å². The lowest BCUT2D eigenvalue weighted by Gasteiger charge is -2.45. The van der Waals surface area contributed by atoms with Crippen LogP contribution in [0.5, 0.6) is 5.75 Å². The zero-order valence-electron chi connectivity index (χ0n) is 18.1. The average Bonchev–Trinajstić information content (AvgIpc) is 3.11. The minimum absolute atomic E-state index is 0.236. The number of imidazole rings is 1. The van der Waals surface area contributed by atoms with E-state index in [1.54, 1.807) is 31.6 Å². The largest absolute Gasteiger partial charge is 0.494 e. The van der Waals surface area contributed by atoms with Crippen LogP contribution in [-0.4, -0.2) is 32.8 Å². The monoisotopic (exact) mass is 409 g/mol. The van der Waals surface area contributed by atoms with E-state index in [2.05, 4.69) is 38.9 Å². The SMILES string of the molecule is COc1cnccc1-c1nc(C2CC(C)(C)OC(C)(C)C2)cn1-c1ccc(F)cc1. The summed E-state index contributed by atoms with van der Waals surface area (Å²) in [5, 5.41) is 0. The smallest absolute Gasteiger partial charge is 0.148 e. The number of pyridine rings is 1. The first-order chi connectivity index (χ1) is 14.2. The minimum atomic E-state index is -0.268. The molecule has 1 aromatic carbocycles. The molecule has 30 heavy (non-hydrogen) atoms. The number of hydrogen-bond donors (Lipinski definition) is 0. The molecule has 4 rings (SSSR count). The second-order valence-corrected chi connectivity index (χ2v) is 9.14. The molecule has 3 aromatic rings. The Morgan fingerprint density at radius 2 is 1.73 bits per heavy atom. The minimum Gasteiger partial charge on any atom is -0.494 e.